The summed E-state index contributed by atoms with van der Waals surface area (Å²) in [5.41, 5.74) is 6.16. The standard InChI is InChI=1S/C28H27N3O2S/c1-3-33-24-13-9-20(10-14-24)18-29-31(28-30-25-15-8-19(2)16-26(25)34-28)27(32)23-12-11-21-6-4-5-7-22(21)17-23/h8-18H,3-7H2,1-2H3/b29-18+. The van der Waals surface area contributed by atoms with Crippen LogP contribution in [-0.2, 0) is 12.8 Å². The Bertz CT molecular complexity index is 1360. The molecule has 0 N–H and O–H groups in total. The third kappa shape index (κ3) is 4.73. The highest BCUT2D eigenvalue weighted by molar-refractivity contribution is 7.22. The number of rotatable bonds is 6. The van der Waals surface area contributed by atoms with Crippen LogP contribution >= 0.6 is 11.3 Å². The molecule has 3 aromatic carbocycles. The predicted molar refractivity (Wildman–Crippen MR) is 139 cm³/mol. The van der Waals surface area contributed by atoms with Crippen molar-refractivity contribution in [3.63, 3.8) is 0 Å². The minimum absolute atomic E-state index is 0.175. The number of hydrogen-bond donors (Lipinski definition) is 0. The minimum atomic E-state index is -0.175. The zero-order valence-corrected chi connectivity index (χ0v) is 20.3. The van der Waals surface area contributed by atoms with Gasteiger partial charge >= 0.3 is 0 Å². The van der Waals surface area contributed by atoms with Crippen molar-refractivity contribution in [1.29, 1.82) is 0 Å². The van der Waals surface area contributed by atoms with Gasteiger partial charge in [0.25, 0.3) is 5.91 Å². The maximum absolute atomic E-state index is 13.7. The maximum Gasteiger partial charge on any atom is 0.280 e. The summed E-state index contributed by atoms with van der Waals surface area (Å²) in [6, 6.07) is 19.8. The number of benzene rings is 3. The Labute approximate surface area is 203 Å². The molecule has 0 fully saturated rings. The van der Waals surface area contributed by atoms with Crippen LogP contribution in [0.2, 0.25) is 0 Å². The number of hydrazone groups is 1. The number of carbonyl (C=O) groups is 1. The first-order chi connectivity index (χ1) is 16.6. The van der Waals surface area contributed by atoms with E-state index in [1.54, 1.807) is 6.21 Å². The van der Waals surface area contributed by atoms with Gasteiger partial charge in [-0.05, 0) is 110 Å². The second-order valence-electron chi connectivity index (χ2n) is 8.52. The number of nitrogens with zero attached hydrogens (tertiary/aromatic N) is 3. The Morgan fingerprint density at radius 2 is 1.85 bits per heavy atom. The first-order valence-corrected chi connectivity index (χ1v) is 12.5. The summed E-state index contributed by atoms with van der Waals surface area (Å²) < 4.78 is 6.56. The Kier molecular flexibility index (Phi) is 6.41. The van der Waals surface area contributed by atoms with Crippen LogP contribution in [0.25, 0.3) is 10.2 Å². The SMILES string of the molecule is CCOc1ccc(/C=N/N(C(=O)c2ccc3c(c2)CCCC3)c2nc3ccc(C)cc3s2)cc1. The highest BCUT2D eigenvalue weighted by Crippen LogP contribution is 2.31. The van der Waals surface area contributed by atoms with E-state index >= 15 is 0 Å². The topological polar surface area (TPSA) is 54.8 Å². The fourth-order valence-corrected chi connectivity index (χ4v) is 5.25. The normalized spacial score (nSPS) is 13.2. The van der Waals surface area contributed by atoms with Crippen LogP contribution < -0.4 is 9.75 Å². The fraction of sp³-hybridized carbons (Fsp3) is 0.250. The summed E-state index contributed by atoms with van der Waals surface area (Å²) in [5.74, 6) is 0.634. The molecular weight excluding hydrogens is 442 g/mol. The zero-order valence-electron chi connectivity index (χ0n) is 19.5. The molecule has 5 nitrogen and oxygen atoms in total. The van der Waals surface area contributed by atoms with Crippen LogP contribution in [0.5, 0.6) is 5.75 Å². The van der Waals surface area contributed by atoms with E-state index < -0.39 is 0 Å². The number of ether oxygens (including phenoxy) is 1. The highest BCUT2D eigenvalue weighted by Gasteiger charge is 2.22. The van der Waals surface area contributed by atoms with Crippen molar-refractivity contribution >= 4 is 38.8 Å². The summed E-state index contributed by atoms with van der Waals surface area (Å²) in [5, 5.41) is 6.60. The lowest BCUT2D eigenvalue weighted by atomic mass is 9.90. The Hall–Kier alpha value is -3.51. The summed E-state index contributed by atoms with van der Waals surface area (Å²) in [7, 11) is 0. The quantitative estimate of drug-likeness (QED) is 0.237. The van der Waals surface area contributed by atoms with Gasteiger partial charge in [-0.15, -0.1) is 0 Å². The summed E-state index contributed by atoms with van der Waals surface area (Å²) >= 11 is 1.48. The molecule has 1 aromatic heterocycles. The average molecular weight is 470 g/mol. The van der Waals surface area contributed by atoms with Crippen molar-refractivity contribution in [2.75, 3.05) is 11.6 Å². The van der Waals surface area contributed by atoms with E-state index in [9.17, 15) is 4.79 Å². The number of fused-ring (bicyclic) bond motifs is 2. The van der Waals surface area contributed by atoms with Gasteiger partial charge in [-0.3, -0.25) is 4.79 Å². The molecule has 1 aliphatic rings. The number of thiazole rings is 1. The summed E-state index contributed by atoms with van der Waals surface area (Å²) in [4.78, 5) is 18.4. The van der Waals surface area contributed by atoms with Crippen molar-refractivity contribution in [3.05, 3.63) is 88.5 Å². The molecule has 1 amide bonds. The van der Waals surface area contributed by atoms with Gasteiger partial charge in [-0.2, -0.15) is 10.1 Å². The van der Waals surface area contributed by atoms with Gasteiger partial charge in [0.2, 0.25) is 5.13 Å². The van der Waals surface area contributed by atoms with Crippen LogP contribution in [0.15, 0.2) is 65.8 Å². The molecule has 5 rings (SSSR count). The molecule has 1 aliphatic carbocycles. The minimum Gasteiger partial charge on any atom is -0.494 e. The molecule has 0 spiro atoms. The lowest BCUT2D eigenvalue weighted by Crippen LogP contribution is -2.26. The lowest BCUT2D eigenvalue weighted by Gasteiger charge is -2.18. The molecule has 34 heavy (non-hydrogen) atoms. The van der Waals surface area contributed by atoms with Crippen LogP contribution in [-0.4, -0.2) is 23.7 Å². The van der Waals surface area contributed by atoms with E-state index in [0.717, 1.165) is 39.9 Å². The number of carbonyl (C=O) groups excluding carboxylic acids is 1. The molecule has 172 valence electrons. The molecule has 0 unspecified atom stereocenters. The number of aryl methyl sites for hydroxylation is 3. The van der Waals surface area contributed by atoms with Gasteiger partial charge in [-0.25, -0.2) is 4.98 Å². The van der Waals surface area contributed by atoms with Crippen LogP contribution in [0.3, 0.4) is 0 Å². The first-order valence-electron chi connectivity index (χ1n) is 11.7. The Morgan fingerprint density at radius 3 is 2.65 bits per heavy atom. The zero-order chi connectivity index (χ0) is 23.5. The molecule has 0 atom stereocenters. The van der Waals surface area contributed by atoms with Crippen molar-refractivity contribution in [1.82, 2.24) is 4.98 Å². The average Bonchev–Trinajstić information content (AvgIpc) is 3.27. The van der Waals surface area contributed by atoms with Crippen LogP contribution in [0, 0.1) is 6.92 Å². The molecule has 0 radical (unpaired) electrons. The molecule has 1 heterocycles. The summed E-state index contributed by atoms with van der Waals surface area (Å²) in [6.07, 6.45) is 6.18. The maximum atomic E-state index is 13.7. The van der Waals surface area contributed by atoms with Gasteiger partial charge in [0.15, 0.2) is 0 Å². The number of anilines is 1. The highest BCUT2D eigenvalue weighted by atomic mass is 32.1. The van der Waals surface area contributed by atoms with Crippen LogP contribution in [0.1, 0.15) is 52.4 Å². The molecule has 6 heteroatoms. The number of aromatic nitrogens is 1. The summed E-state index contributed by atoms with van der Waals surface area (Å²) in [6.45, 7) is 4.63. The van der Waals surface area contributed by atoms with E-state index in [4.69, 9.17) is 9.72 Å². The van der Waals surface area contributed by atoms with Crippen molar-refractivity contribution in [2.45, 2.75) is 39.5 Å². The molecule has 0 saturated heterocycles. The van der Waals surface area contributed by atoms with E-state index in [2.05, 4.69) is 24.2 Å². The van der Waals surface area contributed by atoms with Gasteiger partial charge in [0.05, 0.1) is 23.0 Å². The second-order valence-corrected chi connectivity index (χ2v) is 9.53. The molecule has 0 aliphatic heterocycles. The Balaban J connectivity index is 1.51. The van der Waals surface area contributed by atoms with E-state index in [-0.39, 0.29) is 5.91 Å². The van der Waals surface area contributed by atoms with Gasteiger partial charge in [0.1, 0.15) is 5.75 Å². The van der Waals surface area contributed by atoms with Crippen LogP contribution in [0.4, 0.5) is 5.13 Å². The number of hydrogen-bond acceptors (Lipinski definition) is 5. The smallest absolute Gasteiger partial charge is 0.280 e. The van der Waals surface area contributed by atoms with E-state index in [1.165, 1.54) is 40.3 Å². The molecular formula is C28H27N3O2S. The van der Waals surface area contributed by atoms with Crippen molar-refractivity contribution in [2.24, 2.45) is 5.10 Å². The van der Waals surface area contributed by atoms with E-state index in [1.807, 2.05) is 55.5 Å². The van der Waals surface area contributed by atoms with Gasteiger partial charge in [0, 0.05) is 5.56 Å². The van der Waals surface area contributed by atoms with Gasteiger partial charge < -0.3 is 4.74 Å². The molecule has 0 saturated carbocycles. The largest absolute Gasteiger partial charge is 0.494 e. The lowest BCUT2D eigenvalue weighted by molar-refractivity contribution is 0.0987. The third-order valence-electron chi connectivity index (χ3n) is 6.02. The third-order valence-corrected chi connectivity index (χ3v) is 7.01. The van der Waals surface area contributed by atoms with Crippen molar-refractivity contribution < 1.29 is 9.53 Å². The van der Waals surface area contributed by atoms with E-state index in [0.29, 0.717) is 17.3 Å². The molecule has 4 aromatic rings. The first kappa shape index (κ1) is 22.3. The van der Waals surface area contributed by atoms with Crippen molar-refractivity contribution in [3.8, 4) is 5.75 Å². The monoisotopic (exact) mass is 469 g/mol. The number of amides is 1. The predicted octanol–water partition coefficient (Wildman–Crippen LogP) is 6.56. The fourth-order valence-electron chi connectivity index (χ4n) is 4.23. The Morgan fingerprint density at radius 1 is 1.06 bits per heavy atom. The van der Waals surface area contributed by atoms with Gasteiger partial charge in [-0.1, -0.05) is 23.5 Å². The molecule has 0 bridgehead atoms. The second kappa shape index (κ2) is 9.77.